The second-order valence-corrected chi connectivity index (χ2v) is 4.77. The molecule has 0 bridgehead atoms. The molecule has 1 aliphatic carbocycles. The van der Waals surface area contributed by atoms with Gasteiger partial charge in [0.25, 0.3) is 0 Å². The minimum absolute atomic E-state index is 0.00115. The van der Waals surface area contributed by atoms with Crippen LogP contribution < -0.4 is 16.0 Å². The number of amides is 2. The number of hydrogen-bond donors (Lipinski definition) is 3. The Balaban J connectivity index is 1.58. The minimum atomic E-state index is -0.221. The molecule has 1 fully saturated rings. The quantitative estimate of drug-likeness (QED) is 0.678. The Morgan fingerprint density at radius 3 is 2.47 bits per heavy atom. The fourth-order valence-electron chi connectivity index (χ4n) is 1.68. The van der Waals surface area contributed by atoms with Crippen LogP contribution in [0.2, 0.25) is 0 Å². The summed E-state index contributed by atoms with van der Waals surface area (Å²) in [6, 6.07) is 9.17. The van der Waals surface area contributed by atoms with Gasteiger partial charge in [0.05, 0.1) is 13.1 Å². The van der Waals surface area contributed by atoms with Crippen molar-refractivity contribution in [3.05, 3.63) is 30.3 Å². The molecule has 0 saturated heterocycles. The minimum Gasteiger partial charge on any atom is -0.346 e. The van der Waals surface area contributed by atoms with Gasteiger partial charge >= 0.3 is 0 Å². The van der Waals surface area contributed by atoms with E-state index in [0.717, 1.165) is 18.2 Å². The van der Waals surface area contributed by atoms with E-state index in [-0.39, 0.29) is 24.9 Å². The lowest BCUT2D eigenvalue weighted by Gasteiger charge is -2.07. The number of anilines is 1. The van der Waals surface area contributed by atoms with Gasteiger partial charge in [-0.15, -0.1) is 0 Å². The number of para-hydroxylation sites is 1. The summed E-state index contributed by atoms with van der Waals surface area (Å²) in [5, 5.41) is 8.37. The largest absolute Gasteiger partial charge is 0.346 e. The first-order valence-corrected chi connectivity index (χ1v) is 6.56. The lowest BCUT2D eigenvalue weighted by Crippen LogP contribution is -2.38. The number of rotatable bonds is 7. The monoisotopic (exact) mass is 261 g/mol. The van der Waals surface area contributed by atoms with Crippen molar-refractivity contribution in [1.29, 1.82) is 0 Å². The van der Waals surface area contributed by atoms with Crippen molar-refractivity contribution in [2.75, 3.05) is 25.0 Å². The zero-order valence-electron chi connectivity index (χ0n) is 10.8. The van der Waals surface area contributed by atoms with E-state index >= 15 is 0 Å². The summed E-state index contributed by atoms with van der Waals surface area (Å²) in [7, 11) is 0. The van der Waals surface area contributed by atoms with Crippen LogP contribution in [0.3, 0.4) is 0 Å². The Kier molecular flexibility index (Phi) is 4.92. The van der Waals surface area contributed by atoms with E-state index in [1.165, 1.54) is 12.8 Å². The van der Waals surface area contributed by atoms with Crippen molar-refractivity contribution in [1.82, 2.24) is 10.6 Å². The number of benzene rings is 1. The summed E-state index contributed by atoms with van der Waals surface area (Å²) < 4.78 is 0. The number of carbonyl (C=O) groups is 2. The lowest BCUT2D eigenvalue weighted by molar-refractivity contribution is -0.123. The van der Waals surface area contributed by atoms with E-state index in [1.807, 2.05) is 18.2 Å². The van der Waals surface area contributed by atoms with Gasteiger partial charge in [0.15, 0.2) is 0 Å². The van der Waals surface area contributed by atoms with Crippen molar-refractivity contribution in [2.24, 2.45) is 5.92 Å². The van der Waals surface area contributed by atoms with Crippen LogP contribution in [0.5, 0.6) is 0 Å². The van der Waals surface area contributed by atoms with Crippen LogP contribution in [-0.2, 0) is 9.59 Å². The fraction of sp³-hybridized carbons (Fsp3) is 0.429. The first-order chi connectivity index (χ1) is 9.24. The molecule has 1 aromatic rings. The maximum Gasteiger partial charge on any atom is 0.243 e. The van der Waals surface area contributed by atoms with Crippen LogP contribution >= 0.6 is 0 Å². The molecule has 2 amide bonds. The third-order valence-electron chi connectivity index (χ3n) is 2.92. The highest BCUT2D eigenvalue weighted by molar-refractivity contribution is 5.94. The van der Waals surface area contributed by atoms with Gasteiger partial charge in [0, 0.05) is 5.69 Å². The van der Waals surface area contributed by atoms with Gasteiger partial charge < -0.3 is 16.0 Å². The van der Waals surface area contributed by atoms with Crippen molar-refractivity contribution >= 4 is 17.5 Å². The van der Waals surface area contributed by atoms with E-state index in [4.69, 9.17) is 0 Å². The van der Waals surface area contributed by atoms with E-state index in [0.29, 0.717) is 0 Å². The molecule has 0 spiro atoms. The molecule has 5 heteroatoms. The number of nitrogens with one attached hydrogen (secondary N) is 3. The maximum absolute atomic E-state index is 11.6. The molecule has 0 radical (unpaired) electrons. The highest BCUT2D eigenvalue weighted by Crippen LogP contribution is 2.27. The normalized spacial score (nSPS) is 13.9. The molecule has 2 rings (SSSR count). The average molecular weight is 261 g/mol. The van der Waals surface area contributed by atoms with Gasteiger partial charge in [-0.2, -0.15) is 0 Å². The molecular formula is C14H19N3O2. The lowest BCUT2D eigenvalue weighted by atomic mass is 10.3. The molecule has 0 aliphatic heterocycles. The average Bonchev–Trinajstić information content (AvgIpc) is 3.22. The molecule has 1 aromatic carbocycles. The van der Waals surface area contributed by atoms with Crippen LogP contribution in [0.25, 0.3) is 0 Å². The number of carbonyl (C=O) groups excluding carboxylic acids is 2. The first kappa shape index (κ1) is 13.5. The van der Waals surface area contributed by atoms with Crippen molar-refractivity contribution in [3.63, 3.8) is 0 Å². The third kappa shape index (κ3) is 5.52. The second kappa shape index (κ2) is 6.89. The second-order valence-electron chi connectivity index (χ2n) is 4.77. The predicted molar refractivity (Wildman–Crippen MR) is 73.7 cm³/mol. The zero-order chi connectivity index (χ0) is 13.5. The molecule has 0 heterocycles. The number of hydrogen-bond acceptors (Lipinski definition) is 3. The van der Waals surface area contributed by atoms with Gasteiger partial charge in [-0.05, 0) is 37.4 Å². The van der Waals surface area contributed by atoms with E-state index < -0.39 is 0 Å². The van der Waals surface area contributed by atoms with E-state index in [1.54, 1.807) is 12.1 Å². The molecule has 102 valence electrons. The zero-order valence-corrected chi connectivity index (χ0v) is 10.8. The Hall–Kier alpha value is -1.88. The summed E-state index contributed by atoms with van der Waals surface area (Å²) in [5.74, 6) is 0.375. The predicted octanol–water partition coefficient (Wildman–Crippen LogP) is 0.741. The highest BCUT2D eigenvalue weighted by Gasteiger charge is 2.20. The van der Waals surface area contributed by atoms with E-state index in [9.17, 15) is 9.59 Å². The SMILES string of the molecule is O=C(CNCC1CC1)NCC(=O)Nc1ccccc1. The van der Waals surface area contributed by atoms with Crippen molar-refractivity contribution in [2.45, 2.75) is 12.8 Å². The van der Waals surface area contributed by atoms with Gasteiger partial charge in [-0.25, -0.2) is 0 Å². The maximum atomic E-state index is 11.6. The van der Waals surface area contributed by atoms with E-state index in [2.05, 4.69) is 16.0 Å². The summed E-state index contributed by atoms with van der Waals surface area (Å²) in [4.78, 5) is 23.0. The Morgan fingerprint density at radius 2 is 1.79 bits per heavy atom. The summed E-state index contributed by atoms with van der Waals surface area (Å²) in [6.45, 7) is 1.16. The fourth-order valence-corrected chi connectivity index (χ4v) is 1.68. The molecule has 0 aromatic heterocycles. The highest BCUT2D eigenvalue weighted by atomic mass is 16.2. The summed E-state index contributed by atoms with van der Waals surface area (Å²) in [6.07, 6.45) is 2.52. The van der Waals surface area contributed by atoms with Gasteiger partial charge in [-0.1, -0.05) is 18.2 Å². The van der Waals surface area contributed by atoms with Gasteiger partial charge in [0.2, 0.25) is 11.8 Å². The van der Waals surface area contributed by atoms with Gasteiger partial charge in [-0.3, -0.25) is 9.59 Å². The molecule has 0 atom stereocenters. The molecule has 1 saturated carbocycles. The van der Waals surface area contributed by atoms with Crippen LogP contribution in [0.4, 0.5) is 5.69 Å². The molecule has 0 unspecified atom stereocenters. The standard InChI is InChI=1S/C14H19N3O2/c18-13(9-15-8-11-6-7-11)16-10-14(19)17-12-4-2-1-3-5-12/h1-5,11,15H,6-10H2,(H,16,18)(H,17,19). The van der Waals surface area contributed by atoms with Crippen molar-refractivity contribution in [3.8, 4) is 0 Å². The molecule has 1 aliphatic rings. The topological polar surface area (TPSA) is 70.2 Å². The summed E-state index contributed by atoms with van der Waals surface area (Å²) in [5.41, 5.74) is 0.730. The Morgan fingerprint density at radius 1 is 1.05 bits per heavy atom. The van der Waals surface area contributed by atoms with Gasteiger partial charge in [0.1, 0.15) is 0 Å². The van der Waals surface area contributed by atoms with Crippen LogP contribution in [-0.4, -0.2) is 31.4 Å². The first-order valence-electron chi connectivity index (χ1n) is 6.56. The molecule has 19 heavy (non-hydrogen) atoms. The Bertz CT molecular complexity index is 430. The van der Waals surface area contributed by atoms with Crippen LogP contribution in [0, 0.1) is 5.92 Å². The molecule has 3 N–H and O–H groups in total. The van der Waals surface area contributed by atoms with Crippen molar-refractivity contribution < 1.29 is 9.59 Å². The Labute approximate surface area is 112 Å². The van der Waals surface area contributed by atoms with Crippen LogP contribution in [0.1, 0.15) is 12.8 Å². The molecule has 5 nitrogen and oxygen atoms in total. The smallest absolute Gasteiger partial charge is 0.243 e. The van der Waals surface area contributed by atoms with Crippen LogP contribution in [0.15, 0.2) is 30.3 Å². The third-order valence-corrected chi connectivity index (χ3v) is 2.92. The summed E-state index contributed by atoms with van der Waals surface area (Å²) >= 11 is 0. The molecular weight excluding hydrogens is 242 g/mol.